The van der Waals surface area contributed by atoms with Gasteiger partial charge in [-0.15, -0.1) is 0 Å². The van der Waals surface area contributed by atoms with E-state index in [9.17, 15) is 14.7 Å². The van der Waals surface area contributed by atoms with Gasteiger partial charge in [-0.05, 0) is 24.0 Å². The number of fused-ring (bicyclic) bond motifs is 1. The molecule has 0 saturated carbocycles. The van der Waals surface area contributed by atoms with Crippen LogP contribution in [0.15, 0.2) is 24.3 Å². The maximum atomic E-state index is 12.7. The maximum absolute atomic E-state index is 12.7. The van der Waals surface area contributed by atoms with E-state index >= 15 is 0 Å². The van der Waals surface area contributed by atoms with Crippen LogP contribution in [-0.4, -0.2) is 30.1 Å². The van der Waals surface area contributed by atoms with Gasteiger partial charge in [-0.1, -0.05) is 32.0 Å². The van der Waals surface area contributed by atoms with E-state index in [0.29, 0.717) is 23.6 Å². The smallest absolute Gasteiger partial charge is 0.312 e. The van der Waals surface area contributed by atoms with Gasteiger partial charge in [0.05, 0.1) is 5.92 Å². The number of carbonyl (C=O) groups excluding carboxylic acids is 1. The molecule has 21 heavy (non-hydrogen) atoms. The van der Waals surface area contributed by atoms with Crippen molar-refractivity contribution in [1.82, 2.24) is 0 Å². The fourth-order valence-corrected chi connectivity index (χ4v) is 2.91. The molecule has 1 amide bonds. The van der Waals surface area contributed by atoms with Gasteiger partial charge in [0.15, 0.2) is 0 Å². The van der Waals surface area contributed by atoms with Crippen molar-refractivity contribution in [2.45, 2.75) is 26.2 Å². The Morgan fingerprint density at radius 1 is 1.38 bits per heavy atom. The van der Waals surface area contributed by atoms with E-state index in [-0.39, 0.29) is 24.9 Å². The number of rotatable bonds is 5. The monoisotopic (exact) mass is 290 g/mol. The van der Waals surface area contributed by atoms with Crippen molar-refractivity contribution in [3.8, 4) is 0 Å². The zero-order valence-electron chi connectivity index (χ0n) is 12.5. The van der Waals surface area contributed by atoms with Gasteiger partial charge in [0.2, 0.25) is 5.91 Å². The van der Waals surface area contributed by atoms with E-state index < -0.39 is 11.9 Å². The Balaban J connectivity index is 2.29. The van der Waals surface area contributed by atoms with Crippen LogP contribution in [0.1, 0.15) is 31.7 Å². The number of amides is 1. The molecular formula is C16H22N2O3. The van der Waals surface area contributed by atoms with E-state index in [1.165, 1.54) is 0 Å². The maximum Gasteiger partial charge on any atom is 0.312 e. The summed E-state index contributed by atoms with van der Waals surface area (Å²) < 4.78 is 0. The number of anilines is 1. The number of carboxylic acids is 1. The van der Waals surface area contributed by atoms with Gasteiger partial charge in [0.25, 0.3) is 0 Å². The van der Waals surface area contributed by atoms with Crippen LogP contribution in [0, 0.1) is 11.8 Å². The number of hydrogen-bond acceptors (Lipinski definition) is 3. The Hall–Kier alpha value is -1.88. The van der Waals surface area contributed by atoms with Gasteiger partial charge < -0.3 is 15.7 Å². The summed E-state index contributed by atoms with van der Waals surface area (Å²) in [6.45, 7) is 4.58. The predicted molar refractivity (Wildman–Crippen MR) is 81.2 cm³/mol. The fourth-order valence-electron chi connectivity index (χ4n) is 2.91. The van der Waals surface area contributed by atoms with E-state index in [0.717, 1.165) is 0 Å². The summed E-state index contributed by atoms with van der Waals surface area (Å²) >= 11 is 0. The van der Waals surface area contributed by atoms with Crippen molar-refractivity contribution < 1.29 is 14.7 Å². The number of carboxylic acid groups (broad SMARTS) is 1. The van der Waals surface area contributed by atoms with Crippen LogP contribution in [0.25, 0.3) is 0 Å². The normalized spacial score (nSPS) is 18.7. The summed E-state index contributed by atoms with van der Waals surface area (Å²) in [7, 11) is 0. The molecule has 1 aromatic rings. The van der Waals surface area contributed by atoms with Gasteiger partial charge in [-0.25, -0.2) is 0 Å². The summed E-state index contributed by atoms with van der Waals surface area (Å²) in [6.07, 6.45) is 0.714. The van der Waals surface area contributed by atoms with E-state index in [1.54, 1.807) is 23.1 Å². The Morgan fingerprint density at radius 3 is 2.62 bits per heavy atom. The standard InChI is InChI=1S/C16H22N2O3/c1-10(2)7-11(8-17)15(19)18-9-13(16(20)21)12-5-3-4-6-14(12)18/h3-6,10-11,13H,7-9,17H2,1-2H3,(H,20,21). The Kier molecular flexibility index (Phi) is 4.63. The van der Waals surface area contributed by atoms with Crippen LogP contribution >= 0.6 is 0 Å². The minimum absolute atomic E-state index is 0.0672. The topological polar surface area (TPSA) is 83.6 Å². The summed E-state index contributed by atoms with van der Waals surface area (Å²) in [5, 5.41) is 9.34. The molecule has 1 aliphatic heterocycles. The zero-order chi connectivity index (χ0) is 15.6. The lowest BCUT2D eigenvalue weighted by Crippen LogP contribution is -2.39. The molecule has 0 spiro atoms. The summed E-state index contributed by atoms with van der Waals surface area (Å²) in [4.78, 5) is 25.7. The molecule has 2 unspecified atom stereocenters. The molecule has 5 nitrogen and oxygen atoms in total. The first-order valence-corrected chi connectivity index (χ1v) is 7.28. The minimum Gasteiger partial charge on any atom is -0.481 e. The lowest BCUT2D eigenvalue weighted by molar-refractivity contribution is -0.138. The number of hydrogen-bond donors (Lipinski definition) is 2. The van der Waals surface area contributed by atoms with Crippen molar-refractivity contribution in [3.05, 3.63) is 29.8 Å². The molecule has 0 aliphatic carbocycles. The molecule has 0 fully saturated rings. The number of carbonyl (C=O) groups is 2. The Morgan fingerprint density at radius 2 is 2.05 bits per heavy atom. The van der Waals surface area contributed by atoms with Gasteiger partial charge >= 0.3 is 5.97 Å². The summed E-state index contributed by atoms with van der Waals surface area (Å²) in [5.41, 5.74) is 7.15. The molecule has 1 aliphatic rings. The third kappa shape index (κ3) is 3.08. The molecule has 0 radical (unpaired) electrons. The first kappa shape index (κ1) is 15.5. The van der Waals surface area contributed by atoms with Crippen LogP contribution in [-0.2, 0) is 9.59 Å². The molecular weight excluding hydrogens is 268 g/mol. The Bertz CT molecular complexity index is 542. The highest BCUT2D eigenvalue weighted by Crippen LogP contribution is 2.37. The number of nitrogens with zero attached hydrogens (tertiary/aromatic N) is 1. The van der Waals surface area contributed by atoms with Gasteiger partial charge in [-0.2, -0.15) is 0 Å². The lowest BCUT2D eigenvalue weighted by atomic mass is 9.96. The second-order valence-corrected chi connectivity index (χ2v) is 5.96. The molecule has 0 bridgehead atoms. The number of para-hydroxylation sites is 1. The van der Waals surface area contributed by atoms with Gasteiger partial charge in [0.1, 0.15) is 5.92 Å². The average molecular weight is 290 g/mol. The van der Waals surface area contributed by atoms with Crippen LogP contribution < -0.4 is 10.6 Å². The third-order valence-electron chi connectivity index (χ3n) is 3.92. The second-order valence-electron chi connectivity index (χ2n) is 5.96. The van der Waals surface area contributed by atoms with Crippen molar-refractivity contribution in [1.29, 1.82) is 0 Å². The summed E-state index contributed by atoms with van der Waals surface area (Å²) in [5.74, 6) is -1.50. The van der Waals surface area contributed by atoms with Crippen LogP contribution in [0.3, 0.4) is 0 Å². The van der Waals surface area contributed by atoms with Crippen LogP contribution in [0.4, 0.5) is 5.69 Å². The zero-order valence-corrected chi connectivity index (χ0v) is 12.5. The van der Waals surface area contributed by atoms with E-state index in [1.807, 2.05) is 19.9 Å². The molecule has 0 aromatic heterocycles. The van der Waals surface area contributed by atoms with Crippen molar-refractivity contribution in [2.24, 2.45) is 17.6 Å². The first-order valence-electron chi connectivity index (χ1n) is 7.28. The van der Waals surface area contributed by atoms with Gasteiger partial charge in [0, 0.05) is 18.8 Å². The summed E-state index contributed by atoms with van der Waals surface area (Å²) in [6, 6.07) is 7.21. The number of benzene rings is 1. The highest BCUT2D eigenvalue weighted by Gasteiger charge is 2.38. The Labute approximate surface area is 124 Å². The van der Waals surface area contributed by atoms with Crippen molar-refractivity contribution in [3.63, 3.8) is 0 Å². The molecule has 2 atom stereocenters. The highest BCUT2D eigenvalue weighted by atomic mass is 16.4. The molecule has 2 rings (SSSR count). The van der Waals surface area contributed by atoms with Gasteiger partial charge in [-0.3, -0.25) is 9.59 Å². The van der Waals surface area contributed by atoms with Crippen molar-refractivity contribution >= 4 is 17.6 Å². The van der Waals surface area contributed by atoms with Crippen LogP contribution in [0.5, 0.6) is 0 Å². The quantitative estimate of drug-likeness (QED) is 0.866. The van der Waals surface area contributed by atoms with Crippen LogP contribution in [0.2, 0.25) is 0 Å². The average Bonchev–Trinajstić information content (AvgIpc) is 2.83. The molecule has 5 heteroatoms. The number of aliphatic carboxylic acids is 1. The predicted octanol–water partition coefficient (Wildman–Crippen LogP) is 1.82. The largest absolute Gasteiger partial charge is 0.481 e. The molecule has 114 valence electrons. The highest BCUT2D eigenvalue weighted by molar-refractivity contribution is 6.00. The SMILES string of the molecule is CC(C)CC(CN)C(=O)N1CC(C(=O)O)c2ccccc21. The van der Waals surface area contributed by atoms with Crippen molar-refractivity contribution in [2.75, 3.05) is 18.0 Å². The third-order valence-corrected chi connectivity index (χ3v) is 3.92. The lowest BCUT2D eigenvalue weighted by Gasteiger charge is -2.24. The molecule has 1 aromatic carbocycles. The fraction of sp³-hybridized carbons (Fsp3) is 0.500. The number of nitrogens with two attached hydrogens (primary N) is 1. The van der Waals surface area contributed by atoms with E-state index in [4.69, 9.17) is 5.73 Å². The minimum atomic E-state index is -0.897. The molecule has 1 heterocycles. The molecule has 0 saturated heterocycles. The molecule has 3 N–H and O–H groups in total. The first-order chi connectivity index (χ1) is 9.95. The second kappa shape index (κ2) is 6.26. The van der Waals surface area contributed by atoms with E-state index in [2.05, 4.69) is 0 Å².